The SMILES string of the molecule is CC(=O)O[C@@H]1C[C@@]23COC[C@@](C)([C@H]1C(=O)OC1CCCN1)[C@H]2CC[C@H]1C3=CC[C@@]2(C)[C@H](C(=O)O)[C@@](C)(C(C)C(C)C)CC[C@]12C. The number of carboxylic acids is 1. The number of nitrogens with one attached hydrogen (secondary N) is 1. The van der Waals surface area contributed by atoms with Crippen LogP contribution in [0.1, 0.15) is 107 Å². The van der Waals surface area contributed by atoms with Crippen LogP contribution in [0.3, 0.4) is 0 Å². The van der Waals surface area contributed by atoms with E-state index in [1.807, 2.05) is 0 Å². The quantitative estimate of drug-likeness (QED) is 0.258. The van der Waals surface area contributed by atoms with Crippen molar-refractivity contribution >= 4 is 17.9 Å². The Morgan fingerprint density at radius 3 is 2.36 bits per heavy atom. The monoisotopic (exact) mass is 627 g/mol. The molecule has 0 amide bonds. The molecule has 252 valence electrons. The van der Waals surface area contributed by atoms with Gasteiger partial charge in [0.25, 0.3) is 0 Å². The van der Waals surface area contributed by atoms with Crippen LogP contribution in [0, 0.1) is 62.6 Å². The summed E-state index contributed by atoms with van der Waals surface area (Å²) in [6.45, 7) is 19.0. The zero-order valence-corrected chi connectivity index (χ0v) is 28.9. The minimum Gasteiger partial charge on any atom is -0.481 e. The van der Waals surface area contributed by atoms with Gasteiger partial charge in [-0.1, -0.05) is 60.1 Å². The van der Waals surface area contributed by atoms with E-state index in [2.05, 4.69) is 59.9 Å². The first-order chi connectivity index (χ1) is 21.0. The summed E-state index contributed by atoms with van der Waals surface area (Å²) in [5, 5.41) is 14.2. The van der Waals surface area contributed by atoms with Gasteiger partial charge >= 0.3 is 17.9 Å². The van der Waals surface area contributed by atoms with Crippen LogP contribution in [0.2, 0.25) is 0 Å². The molecule has 8 heteroatoms. The van der Waals surface area contributed by atoms with E-state index >= 15 is 0 Å². The Balaban J connectivity index is 1.41. The van der Waals surface area contributed by atoms with Gasteiger partial charge in [-0.3, -0.25) is 19.7 Å². The molecule has 6 aliphatic rings. The molecule has 12 atom stereocenters. The van der Waals surface area contributed by atoms with Crippen molar-refractivity contribution in [2.45, 2.75) is 119 Å². The zero-order chi connectivity index (χ0) is 32.7. The Kier molecular flexibility index (Phi) is 8.11. The molecule has 6 rings (SSSR count). The number of esters is 2. The maximum Gasteiger partial charge on any atom is 0.314 e. The second-order valence-electron chi connectivity index (χ2n) is 17.2. The number of aliphatic carboxylic acids is 1. The normalized spacial score (nSPS) is 47.9. The van der Waals surface area contributed by atoms with Gasteiger partial charge in [-0.2, -0.15) is 0 Å². The van der Waals surface area contributed by atoms with Gasteiger partial charge in [0, 0.05) is 17.8 Å². The van der Waals surface area contributed by atoms with Crippen LogP contribution in [0.4, 0.5) is 0 Å². The molecule has 0 aromatic rings. The van der Waals surface area contributed by atoms with E-state index in [0.29, 0.717) is 32.0 Å². The molecule has 45 heavy (non-hydrogen) atoms. The van der Waals surface area contributed by atoms with Crippen LogP contribution < -0.4 is 5.32 Å². The molecule has 2 saturated heterocycles. The Labute approximate surface area is 269 Å². The van der Waals surface area contributed by atoms with E-state index in [1.165, 1.54) is 12.5 Å². The number of hydrogen-bond acceptors (Lipinski definition) is 7. The van der Waals surface area contributed by atoms with Crippen LogP contribution in [0.15, 0.2) is 11.6 Å². The average molecular weight is 628 g/mol. The summed E-state index contributed by atoms with van der Waals surface area (Å²) in [5.41, 5.74) is -0.458. The number of carboxylic acid groups (broad SMARTS) is 1. The van der Waals surface area contributed by atoms with E-state index in [9.17, 15) is 19.5 Å². The molecular weight excluding hydrogens is 570 g/mol. The Hall–Kier alpha value is -1.93. The fraction of sp³-hybridized carbons (Fsp3) is 0.865. The minimum absolute atomic E-state index is 0.181. The molecule has 8 nitrogen and oxygen atoms in total. The Morgan fingerprint density at radius 1 is 1.00 bits per heavy atom. The van der Waals surface area contributed by atoms with Crippen molar-refractivity contribution < 1.29 is 33.7 Å². The number of rotatable bonds is 6. The lowest BCUT2D eigenvalue weighted by atomic mass is 9.34. The van der Waals surface area contributed by atoms with Crippen molar-refractivity contribution in [3.63, 3.8) is 0 Å². The molecule has 3 saturated carbocycles. The number of carbonyl (C=O) groups excluding carboxylic acids is 2. The van der Waals surface area contributed by atoms with Gasteiger partial charge < -0.3 is 19.3 Å². The minimum atomic E-state index is -0.665. The number of hydrogen-bond donors (Lipinski definition) is 2. The van der Waals surface area contributed by atoms with E-state index in [-0.39, 0.29) is 52.2 Å². The summed E-state index contributed by atoms with van der Waals surface area (Å²) in [5.74, 6) is -1.32. The van der Waals surface area contributed by atoms with Crippen LogP contribution in [-0.4, -0.2) is 55.1 Å². The number of allylic oxidation sites excluding steroid dienone is 1. The lowest BCUT2D eigenvalue weighted by molar-refractivity contribution is -0.246. The predicted molar refractivity (Wildman–Crippen MR) is 170 cm³/mol. The highest BCUT2D eigenvalue weighted by molar-refractivity contribution is 5.76. The van der Waals surface area contributed by atoms with E-state index < -0.39 is 34.7 Å². The van der Waals surface area contributed by atoms with Crippen LogP contribution >= 0.6 is 0 Å². The second kappa shape index (κ2) is 11.1. The smallest absolute Gasteiger partial charge is 0.314 e. The van der Waals surface area contributed by atoms with Gasteiger partial charge in [-0.15, -0.1) is 0 Å². The second-order valence-corrected chi connectivity index (χ2v) is 17.2. The van der Waals surface area contributed by atoms with Gasteiger partial charge in [-0.05, 0) is 97.8 Å². The molecule has 5 fully saturated rings. The molecule has 0 aromatic heterocycles. The summed E-state index contributed by atoms with van der Waals surface area (Å²) in [6, 6.07) is 0. The molecule has 2 N–H and O–H groups in total. The summed E-state index contributed by atoms with van der Waals surface area (Å²) in [7, 11) is 0. The molecule has 0 aromatic carbocycles. The number of carbonyl (C=O) groups is 3. The largest absolute Gasteiger partial charge is 0.481 e. The van der Waals surface area contributed by atoms with Crippen LogP contribution in [0.5, 0.6) is 0 Å². The highest BCUT2D eigenvalue weighted by atomic mass is 16.6. The third kappa shape index (κ3) is 4.61. The highest BCUT2D eigenvalue weighted by Crippen LogP contribution is 2.75. The lowest BCUT2D eigenvalue weighted by Crippen LogP contribution is -2.69. The molecule has 2 heterocycles. The molecule has 0 spiro atoms. The Bertz CT molecular complexity index is 1260. The molecule has 4 aliphatic carbocycles. The highest BCUT2D eigenvalue weighted by Gasteiger charge is 2.72. The van der Waals surface area contributed by atoms with Gasteiger partial charge in [0.05, 0.1) is 19.1 Å². The first-order valence-electron chi connectivity index (χ1n) is 17.7. The van der Waals surface area contributed by atoms with Crippen molar-refractivity contribution in [3.05, 3.63) is 11.6 Å². The Morgan fingerprint density at radius 2 is 1.73 bits per heavy atom. The fourth-order valence-corrected chi connectivity index (χ4v) is 12.3. The summed E-state index contributed by atoms with van der Waals surface area (Å²) < 4.78 is 18.6. The van der Waals surface area contributed by atoms with E-state index in [1.54, 1.807) is 0 Å². The molecular formula is C37H57NO7. The first-order valence-corrected chi connectivity index (χ1v) is 17.7. The van der Waals surface area contributed by atoms with E-state index in [0.717, 1.165) is 45.1 Å². The maximum absolute atomic E-state index is 14.0. The predicted octanol–water partition coefficient (Wildman–Crippen LogP) is 6.38. The molecule has 2 unspecified atom stereocenters. The van der Waals surface area contributed by atoms with Crippen molar-refractivity contribution in [1.82, 2.24) is 5.32 Å². The number of fused-ring (bicyclic) bond motifs is 3. The van der Waals surface area contributed by atoms with Crippen LogP contribution in [-0.2, 0) is 28.6 Å². The zero-order valence-electron chi connectivity index (χ0n) is 28.9. The molecule has 0 radical (unpaired) electrons. The topological polar surface area (TPSA) is 111 Å². The van der Waals surface area contributed by atoms with Gasteiger partial charge in [0.1, 0.15) is 12.0 Å². The summed E-state index contributed by atoms with van der Waals surface area (Å²) >= 11 is 0. The number of ether oxygens (including phenoxy) is 3. The summed E-state index contributed by atoms with van der Waals surface area (Å²) in [6.07, 6.45) is 8.25. The fourth-order valence-electron chi connectivity index (χ4n) is 12.3. The third-order valence-electron chi connectivity index (χ3n) is 15.0. The summed E-state index contributed by atoms with van der Waals surface area (Å²) in [4.78, 5) is 39.9. The first kappa shape index (κ1) is 33.0. The van der Waals surface area contributed by atoms with Crippen molar-refractivity contribution in [3.8, 4) is 0 Å². The maximum atomic E-state index is 14.0. The van der Waals surface area contributed by atoms with E-state index in [4.69, 9.17) is 14.2 Å². The van der Waals surface area contributed by atoms with Gasteiger partial charge in [0.2, 0.25) is 0 Å². The standard InChI is InChI=1S/C37H57NO7/c1-21(2)22(3)33(5)15-16-35(7)24-11-12-27-34(6)19-43-20-37(27,25(24)13-14-36(35,8)30(33)31(40)41)18-26(44-23(4)39)29(34)32(42)45-28-10-9-17-38-28/h13,21-22,24,26-30,38H,9-12,14-20H2,1-8H3,(H,40,41)/t22?,24-,26+,27+,28?,29+,30+,33+,34+,35+,36-,37-/m0/s1. The van der Waals surface area contributed by atoms with Crippen molar-refractivity contribution in [2.24, 2.45) is 62.6 Å². The van der Waals surface area contributed by atoms with Crippen molar-refractivity contribution in [1.29, 1.82) is 0 Å². The van der Waals surface area contributed by atoms with Gasteiger partial charge in [-0.25, -0.2) is 0 Å². The lowest BCUT2D eigenvalue weighted by Gasteiger charge is -2.71. The average Bonchev–Trinajstić information content (AvgIpc) is 3.45. The third-order valence-corrected chi connectivity index (χ3v) is 15.0. The van der Waals surface area contributed by atoms with Gasteiger partial charge in [0.15, 0.2) is 6.23 Å². The van der Waals surface area contributed by atoms with Crippen LogP contribution in [0.25, 0.3) is 0 Å². The molecule has 2 aliphatic heterocycles. The van der Waals surface area contributed by atoms with Crippen molar-refractivity contribution in [2.75, 3.05) is 19.8 Å². The molecule has 2 bridgehead atoms.